The summed E-state index contributed by atoms with van der Waals surface area (Å²) >= 11 is -0.106. The third-order valence-corrected chi connectivity index (χ3v) is 14.4. The van der Waals surface area contributed by atoms with Crippen LogP contribution in [0.1, 0.15) is 36.8 Å². The molecule has 0 fully saturated rings. The van der Waals surface area contributed by atoms with Crippen molar-refractivity contribution in [2.75, 3.05) is 24.6 Å². The van der Waals surface area contributed by atoms with E-state index in [2.05, 4.69) is 21.3 Å². The van der Waals surface area contributed by atoms with Gasteiger partial charge in [0.25, 0.3) is 0 Å². The van der Waals surface area contributed by atoms with Crippen LogP contribution in [0.3, 0.4) is 0 Å². The third kappa shape index (κ3) is 20.3. The van der Waals surface area contributed by atoms with E-state index in [0.29, 0.717) is 10.6 Å². The van der Waals surface area contributed by atoms with E-state index >= 15 is 0 Å². The number of carbonyl (C=O) groups is 8. The van der Waals surface area contributed by atoms with Gasteiger partial charge in [0.15, 0.2) is 0 Å². The van der Waals surface area contributed by atoms with Crippen LogP contribution in [-0.2, 0) is 49.0 Å². The van der Waals surface area contributed by atoms with Gasteiger partial charge in [-0.3, -0.25) is 0 Å². The Morgan fingerprint density at radius 2 is 0.960 bits per heavy atom. The number of hydrogen-bond donors (Lipinski definition) is 10. The van der Waals surface area contributed by atoms with E-state index in [1.54, 1.807) is 0 Å². The molecule has 0 aliphatic carbocycles. The molecule has 0 heterocycles. The maximum atomic E-state index is 12.5. The normalized spacial score (nSPS) is 13.2. The second kappa shape index (κ2) is 24.7. The number of amides is 4. The van der Waals surface area contributed by atoms with Crippen LogP contribution in [0, 0.1) is 0 Å². The van der Waals surface area contributed by atoms with Gasteiger partial charge in [0.05, 0.1) is 0 Å². The first-order valence-electron chi connectivity index (χ1n) is 14.7. The molecule has 0 saturated carbocycles. The fourth-order valence-corrected chi connectivity index (χ4v) is 11.3. The molecule has 278 valence electrons. The Morgan fingerprint density at radius 1 is 0.620 bits per heavy atom. The van der Waals surface area contributed by atoms with Crippen LogP contribution in [0.4, 0.5) is 0 Å². The van der Waals surface area contributed by atoms with Gasteiger partial charge >= 0.3 is 308 Å². The SMILES string of the molecule is N[C@H](CCC(=O)NC(CS[Se]Cc1ccc(C[Se]SC[C@H](NC(=O)CC[C@@H](N)C(=O)O)C(=O)NCC(=O)O)cc1)C(=O)NCC(=O)O)C(=O)O. The average molecular weight is 875 g/mol. The van der Waals surface area contributed by atoms with Crippen molar-refractivity contribution in [3.63, 3.8) is 0 Å². The van der Waals surface area contributed by atoms with Gasteiger partial charge in [-0.1, -0.05) is 0 Å². The first-order chi connectivity index (χ1) is 23.6. The van der Waals surface area contributed by atoms with Gasteiger partial charge in [-0.2, -0.15) is 0 Å². The van der Waals surface area contributed by atoms with Crippen molar-refractivity contribution in [1.29, 1.82) is 0 Å². The van der Waals surface area contributed by atoms with Crippen molar-refractivity contribution in [3.05, 3.63) is 35.4 Å². The Balaban J connectivity index is 2.60. The third-order valence-electron chi connectivity index (χ3n) is 6.24. The van der Waals surface area contributed by atoms with Crippen molar-refractivity contribution in [2.24, 2.45) is 11.5 Å². The molecule has 4 amide bonds. The standard InChI is InChI=1S/C28H40N6O12S2Se2/c29-17(27(43)44)5-7-21(35)33-19(25(41)31-9-23(37)38)11-47-49-13-15-1-2-16(4-3-15)14-50-48-12-20(26(42)32-10-24(39)40)34-22(36)8-6-18(30)28(45)46/h1-4,17-20H,5-14,29-30H2,(H,31,41)(H,32,42)(H,33,35)(H,34,36)(H,37,38)(H,39,40)(H,43,44)(H,45,46)/t17-,18-,19+,20?/m1/s1. The number of hydrogen-bond acceptors (Lipinski definition) is 12. The van der Waals surface area contributed by atoms with E-state index in [0.717, 1.165) is 11.1 Å². The molecule has 0 aliphatic rings. The summed E-state index contributed by atoms with van der Waals surface area (Å²) in [4.78, 5) is 93.0. The zero-order valence-electron chi connectivity index (χ0n) is 26.5. The maximum absolute atomic E-state index is 12.5. The van der Waals surface area contributed by atoms with Crippen molar-refractivity contribution in [2.45, 2.75) is 60.5 Å². The van der Waals surface area contributed by atoms with E-state index < -0.39 is 84.8 Å². The first-order valence-corrected chi connectivity index (χ1v) is 23.1. The Bertz CT molecular complexity index is 1250. The van der Waals surface area contributed by atoms with Crippen LogP contribution >= 0.6 is 20.4 Å². The summed E-state index contributed by atoms with van der Waals surface area (Å²) < 4.78 is 0. The van der Waals surface area contributed by atoms with Crippen LogP contribution in [0.2, 0.25) is 0 Å². The topological polar surface area (TPSA) is 318 Å². The van der Waals surface area contributed by atoms with Gasteiger partial charge < -0.3 is 0 Å². The van der Waals surface area contributed by atoms with Crippen LogP contribution < -0.4 is 32.7 Å². The fourth-order valence-electron chi connectivity index (χ4n) is 3.47. The summed E-state index contributed by atoms with van der Waals surface area (Å²) in [5, 5.41) is 46.4. The number of carboxylic acids is 4. The monoisotopic (exact) mass is 876 g/mol. The summed E-state index contributed by atoms with van der Waals surface area (Å²) in [6.07, 6.45) is -0.697. The number of aliphatic carboxylic acids is 4. The van der Waals surface area contributed by atoms with Gasteiger partial charge in [0.1, 0.15) is 0 Å². The Hall–Kier alpha value is -3.36. The molecule has 0 radical (unpaired) electrons. The molecule has 18 nitrogen and oxygen atoms in total. The molecule has 50 heavy (non-hydrogen) atoms. The summed E-state index contributed by atoms with van der Waals surface area (Å²) in [5.74, 6) is -7.18. The molecular weight excluding hydrogens is 834 g/mol. The number of carboxylic acid groups (broad SMARTS) is 4. The molecule has 0 bridgehead atoms. The van der Waals surface area contributed by atoms with E-state index in [1.807, 2.05) is 24.3 Å². The Kier molecular flexibility index (Phi) is 22.1. The molecule has 1 aromatic carbocycles. The second-order valence-corrected chi connectivity index (χ2v) is 19.1. The molecule has 4 atom stereocenters. The quantitative estimate of drug-likeness (QED) is 0.0331. The minimum absolute atomic E-state index is 0.0532. The second-order valence-electron chi connectivity index (χ2n) is 10.3. The van der Waals surface area contributed by atoms with Crippen molar-refractivity contribution < 1.29 is 58.8 Å². The van der Waals surface area contributed by atoms with Gasteiger partial charge in [0.2, 0.25) is 0 Å². The van der Waals surface area contributed by atoms with Crippen LogP contribution in [0.5, 0.6) is 0 Å². The molecule has 0 aromatic heterocycles. The summed E-state index contributed by atoms with van der Waals surface area (Å²) in [6, 6.07) is 3.29. The molecule has 12 N–H and O–H groups in total. The van der Waals surface area contributed by atoms with Gasteiger partial charge in [-0.15, -0.1) is 0 Å². The Morgan fingerprint density at radius 3 is 1.26 bits per heavy atom. The summed E-state index contributed by atoms with van der Waals surface area (Å²) in [6.45, 7) is -1.25. The molecule has 1 rings (SSSR count). The predicted octanol–water partition coefficient (Wildman–Crippen LogP) is -2.85. The molecule has 22 heteroatoms. The number of nitrogens with one attached hydrogen (secondary N) is 4. The first kappa shape index (κ1) is 44.7. The minimum atomic E-state index is -1.26. The molecule has 1 aromatic rings. The average Bonchev–Trinajstić information content (AvgIpc) is 3.06. The molecule has 0 saturated heterocycles. The summed E-state index contributed by atoms with van der Waals surface area (Å²) in [7, 11) is 2.85. The molecule has 1 unspecified atom stereocenters. The zero-order valence-corrected chi connectivity index (χ0v) is 31.6. The van der Waals surface area contributed by atoms with Crippen molar-refractivity contribution in [3.8, 4) is 0 Å². The van der Waals surface area contributed by atoms with E-state index in [4.69, 9.17) is 31.9 Å². The molecular formula is C28H40N6O12S2Se2. The van der Waals surface area contributed by atoms with Gasteiger partial charge in [0, 0.05) is 0 Å². The predicted molar refractivity (Wildman–Crippen MR) is 185 cm³/mol. The molecule has 0 aliphatic heterocycles. The van der Waals surface area contributed by atoms with Crippen LogP contribution in [0.15, 0.2) is 24.3 Å². The number of rotatable bonds is 26. The van der Waals surface area contributed by atoms with E-state index in [9.17, 15) is 38.4 Å². The zero-order chi connectivity index (χ0) is 37.6. The fraction of sp³-hybridized carbons (Fsp3) is 0.500. The van der Waals surface area contributed by atoms with Crippen molar-refractivity contribution in [1.82, 2.24) is 21.3 Å². The van der Waals surface area contributed by atoms with Crippen molar-refractivity contribution >= 4 is 95.5 Å². The van der Waals surface area contributed by atoms with E-state index in [-0.39, 0.29) is 64.9 Å². The summed E-state index contributed by atoms with van der Waals surface area (Å²) in [5.41, 5.74) is 12.9. The van der Waals surface area contributed by atoms with Gasteiger partial charge in [-0.25, -0.2) is 0 Å². The van der Waals surface area contributed by atoms with Crippen LogP contribution in [0.25, 0.3) is 0 Å². The van der Waals surface area contributed by atoms with Crippen LogP contribution in [-0.4, -0.2) is 144 Å². The number of nitrogens with two attached hydrogens (primary N) is 2. The Labute approximate surface area is 306 Å². The molecule has 0 spiro atoms. The number of benzene rings is 1. The van der Waals surface area contributed by atoms with Gasteiger partial charge in [-0.05, 0) is 0 Å². The number of carbonyl (C=O) groups excluding carboxylic acids is 4. The van der Waals surface area contributed by atoms with E-state index in [1.165, 1.54) is 20.4 Å².